The fourth-order valence-corrected chi connectivity index (χ4v) is 1.41. The van der Waals surface area contributed by atoms with Gasteiger partial charge in [0, 0.05) is 0 Å². The Balaban J connectivity index is 3.38. The van der Waals surface area contributed by atoms with E-state index in [0.29, 0.717) is 0 Å². The molecule has 2 atom stereocenters. The van der Waals surface area contributed by atoms with Crippen LogP contribution < -0.4 is 0 Å². The molecule has 0 radical (unpaired) electrons. The van der Waals surface area contributed by atoms with Crippen molar-refractivity contribution in [1.82, 2.24) is 0 Å². The van der Waals surface area contributed by atoms with E-state index >= 15 is 0 Å². The van der Waals surface area contributed by atoms with Gasteiger partial charge in [-0.25, -0.2) is 0 Å². The molecule has 0 aromatic rings. The highest BCUT2D eigenvalue weighted by Gasteiger charge is 2.06. The quantitative estimate of drug-likeness (QED) is 0.507. The highest BCUT2D eigenvalue weighted by atomic mass is 14.1. The Morgan fingerprint density at radius 1 is 1.18 bits per heavy atom. The molecule has 0 aliphatic rings. The molecule has 68 valence electrons. The topological polar surface area (TPSA) is 0 Å². The summed E-state index contributed by atoms with van der Waals surface area (Å²) in [4.78, 5) is 0. The Morgan fingerprint density at radius 3 is 2.27 bits per heavy atom. The molecular formula is C11H23-. The summed E-state index contributed by atoms with van der Waals surface area (Å²) in [6.07, 6.45) is 7.71. The third-order valence-electron chi connectivity index (χ3n) is 2.59. The molecule has 0 rings (SSSR count). The molecule has 0 saturated carbocycles. The first-order chi connectivity index (χ1) is 5.22. The van der Waals surface area contributed by atoms with Crippen molar-refractivity contribution in [3.8, 4) is 0 Å². The van der Waals surface area contributed by atoms with Crippen LogP contribution in [0.15, 0.2) is 0 Å². The molecule has 0 spiro atoms. The van der Waals surface area contributed by atoms with Crippen LogP contribution in [-0.2, 0) is 0 Å². The Morgan fingerprint density at radius 2 is 1.82 bits per heavy atom. The van der Waals surface area contributed by atoms with Gasteiger partial charge in [-0.3, -0.25) is 0 Å². The maximum Gasteiger partial charge on any atom is -0.0441 e. The number of unbranched alkanes of at least 4 members (excludes halogenated alkanes) is 1. The summed E-state index contributed by atoms with van der Waals surface area (Å²) in [5.74, 6) is 1.79. The molecule has 0 saturated heterocycles. The van der Waals surface area contributed by atoms with Crippen molar-refractivity contribution in [2.45, 2.75) is 53.4 Å². The monoisotopic (exact) mass is 155 g/mol. The van der Waals surface area contributed by atoms with Gasteiger partial charge < -0.3 is 6.42 Å². The lowest BCUT2D eigenvalue weighted by molar-refractivity contribution is 0.351. The molecule has 0 bridgehead atoms. The van der Waals surface area contributed by atoms with Crippen molar-refractivity contribution in [3.05, 3.63) is 6.42 Å². The lowest BCUT2D eigenvalue weighted by Crippen LogP contribution is -2.07. The van der Waals surface area contributed by atoms with E-state index in [4.69, 9.17) is 0 Å². The summed E-state index contributed by atoms with van der Waals surface area (Å²) in [6.45, 7) is 9.16. The van der Waals surface area contributed by atoms with E-state index in [1.807, 2.05) is 0 Å². The van der Waals surface area contributed by atoms with Crippen molar-refractivity contribution in [3.63, 3.8) is 0 Å². The molecule has 0 aromatic heterocycles. The highest BCUT2D eigenvalue weighted by Crippen LogP contribution is 2.21. The van der Waals surface area contributed by atoms with Crippen molar-refractivity contribution >= 4 is 0 Å². The Kier molecular flexibility index (Phi) is 6.69. The second-order valence-corrected chi connectivity index (χ2v) is 3.74. The third kappa shape index (κ3) is 5.29. The molecular weight excluding hydrogens is 132 g/mol. The number of hydrogen-bond acceptors (Lipinski definition) is 0. The minimum absolute atomic E-state index is 0.881. The SMILES string of the molecule is C[CH-]CC(C)C(C)CCCC. The minimum Gasteiger partial charge on any atom is -0.331 e. The van der Waals surface area contributed by atoms with Crippen LogP contribution in [0.4, 0.5) is 0 Å². The van der Waals surface area contributed by atoms with Crippen molar-refractivity contribution in [2.24, 2.45) is 11.8 Å². The number of hydrogen-bond donors (Lipinski definition) is 0. The molecule has 0 fully saturated rings. The second kappa shape index (κ2) is 6.69. The first-order valence-electron chi connectivity index (χ1n) is 5.00. The van der Waals surface area contributed by atoms with Gasteiger partial charge in [0.05, 0.1) is 0 Å². The van der Waals surface area contributed by atoms with Gasteiger partial charge in [-0.1, -0.05) is 46.0 Å². The van der Waals surface area contributed by atoms with E-state index in [1.165, 1.54) is 25.7 Å². The van der Waals surface area contributed by atoms with Gasteiger partial charge >= 0.3 is 0 Å². The lowest BCUT2D eigenvalue weighted by Gasteiger charge is -2.22. The molecule has 0 aliphatic heterocycles. The van der Waals surface area contributed by atoms with Gasteiger partial charge in [0.25, 0.3) is 0 Å². The van der Waals surface area contributed by atoms with Crippen LogP contribution in [0.1, 0.15) is 53.4 Å². The van der Waals surface area contributed by atoms with Crippen molar-refractivity contribution < 1.29 is 0 Å². The Hall–Kier alpha value is 0. The van der Waals surface area contributed by atoms with Crippen molar-refractivity contribution in [2.75, 3.05) is 0 Å². The molecule has 0 aromatic carbocycles. The van der Waals surface area contributed by atoms with E-state index in [0.717, 1.165) is 11.8 Å². The Labute approximate surface area is 72.4 Å². The van der Waals surface area contributed by atoms with Crippen LogP contribution in [0.3, 0.4) is 0 Å². The van der Waals surface area contributed by atoms with E-state index in [-0.39, 0.29) is 0 Å². The fourth-order valence-electron chi connectivity index (χ4n) is 1.41. The summed E-state index contributed by atoms with van der Waals surface area (Å²) in [6, 6.07) is 0. The smallest absolute Gasteiger partial charge is 0.0441 e. The summed E-state index contributed by atoms with van der Waals surface area (Å²) >= 11 is 0. The summed E-state index contributed by atoms with van der Waals surface area (Å²) < 4.78 is 0. The zero-order valence-electron chi connectivity index (χ0n) is 8.56. The van der Waals surface area contributed by atoms with E-state index in [9.17, 15) is 0 Å². The van der Waals surface area contributed by atoms with E-state index < -0.39 is 0 Å². The van der Waals surface area contributed by atoms with E-state index in [1.54, 1.807) is 0 Å². The van der Waals surface area contributed by atoms with Gasteiger partial charge in [-0.15, -0.1) is 0 Å². The van der Waals surface area contributed by atoms with Crippen LogP contribution >= 0.6 is 0 Å². The third-order valence-corrected chi connectivity index (χ3v) is 2.59. The number of rotatable bonds is 6. The first-order valence-corrected chi connectivity index (χ1v) is 5.00. The molecule has 11 heavy (non-hydrogen) atoms. The van der Waals surface area contributed by atoms with Gasteiger partial charge in [-0.05, 0) is 5.92 Å². The zero-order valence-corrected chi connectivity index (χ0v) is 8.56. The standard InChI is InChI=1S/C11H23/c1-5-7-9-11(4)10(3)8-6-2/h6,10-11H,5,7-9H2,1-4H3/q-1. The highest BCUT2D eigenvalue weighted by molar-refractivity contribution is 4.68. The zero-order chi connectivity index (χ0) is 8.69. The van der Waals surface area contributed by atoms with Crippen LogP contribution in [0, 0.1) is 18.3 Å². The maximum atomic E-state index is 2.38. The summed E-state index contributed by atoms with van der Waals surface area (Å²) in [5.41, 5.74) is 0. The summed E-state index contributed by atoms with van der Waals surface area (Å²) in [5, 5.41) is 0. The second-order valence-electron chi connectivity index (χ2n) is 3.74. The normalized spacial score (nSPS) is 16.4. The van der Waals surface area contributed by atoms with Crippen LogP contribution in [0.25, 0.3) is 0 Å². The molecule has 0 N–H and O–H groups in total. The molecule has 0 nitrogen and oxygen atoms in total. The van der Waals surface area contributed by atoms with Gasteiger partial charge in [-0.2, -0.15) is 13.3 Å². The predicted octanol–water partition coefficient (Wildman–Crippen LogP) is 4.06. The predicted molar refractivity (Wildman–Crippen MR) is 52.4 cm³/mol. The van der Waals surface area contributed by atoms with Gasteiger partial charge in [0.1, 0.15) is 0 Å². The molecule has 0 amide bonds. The first kappa shape index (κ1) is 11.0. The van der Waals surface area contributed by atoms with Gasteiger partial charge in [0.15, 0.2) is 0 Å². The maximum absolute atomic E-state index is 2.38. The summed E-state index contributed by atoms with van der Waals surface area (Å²) in [7, 11) is 0. The molecule has 2 unspecified atom stereocenters. The molecule has 0 aliphatic carbocycles. The molecule has 0 heteroatoms. The minimum atomic E-state index is 0.881. The van der Waals surface area contributed by atoms with Gasteiger partial charge in [0.2, 0.25) is 0 Å². The van der Waals surface area contributed by atoms with Crippen LogP contribution in [0.5, 0.6) is 0 Å². The lowest BCUT2D eigenvalue weighted by atomic mass is 9.88. The van der Waals surface area contributed by atoms with E-state index in [2.05, 4.69) is 34.1 Å². The van der Waals surface area contributed by atoms with Crippen LogP contribution in [-0.4, -0.2) is 0 Å². The van der Waals surface area contributed by atoms with Crippen molar-refractivity contribution in [1.29, 1.82) is 0 Å². The van der Waals surface area contributed by atoms with Crippen LogP contribution in [0.2, 0.25) is 0 Å². The average Bonchev–Trinajstić information content (AvgIpc) is 2.00. The largest absolute Gasteiger partial charge is 0.331 e. The average molecular weight is 155 g/mol. The molecule has 0 heterocycles. The Bertz CT molecular complexity index is 76.1. The fraction of sp³-hybridized carbons (Fsp3) is 0.909.